The van der Waals surface area contributed by atoms with Gasteiger partial charge in [-0.05, 0) is 69.2 Å². The molecular formula is C26H37N3O. The van der Waals surface area contributed by atoms with E-state index < -0.39 is 0 Å². The van der Waals surface area contributed by atoms with Crippen molar-refractivity contribution in [1.29, 1.82) is 0 Å². The topological polar surface area (TPSA) is 37.6 Å². The number of aliphatic imine (C=N–C) groups is 1. The number of fused-ring (bicyclic) bond motifs is 1. The van der Waals surface area contributed by atoms with Crippen molar-refractivity contribution in [3.8, 4) is 0 Å². The third kappa shape index (κ3) is 4.53. The van der Waals surface area contributed by atoms with E-state index >= 15 is 0 Å². The summed E-state index contributed by atoms with van der Waals surface area (Å²) in [5, 5.41) is 0. The average Bonchev–Trinajstić information content (AvgIpc) is 2.85. The molecule has 0 radical (unpaired) electrons. The maximum absolute atomic E-state index is 12.3. The second-order valence-electron chi connectivity index (χ2n) is 9.87. The SMILES string of the molecule is Cc1ccn(C(C)CCC(C)C2(C)C=CC3=NC(C)(C(C)C)C=CN3C=C2)c(=O)c1. The van der Waals surface area contributed by atoms with Gasteiger partial charge in [0, 0.05) is 36.1 Å². The lowest BCUT2D eigenvalue weighted by molar-refractivity contribution is 0.301. The highest BCUT2D eigenvalue weighted by atomic mass is 16.1. The fraction of sp³-hybridized carbons (Fsp3) is 0.538. The Labute approximate surface area is 181 Å². The predicted octanol–water partition coefficient (Wildman–Crippen LogP) is 5.87. The molecule has 0 bridgehead atoms. The van der Waals surface area contributed by atoms with Gasteiger partial charge in [-0.25, -0.2) is 0 Å². The van der Waals surface area contributed by atoms with Crippen molar-refractivity contribution in [2.45, 2.75) is 72.9 Å². The van der Waals surface area contributed by atoms with Gasteiger partial charge in [-0.3, -0.25) is 9.79 Å². The maximum Gasteiger partial charge on any atom is 0.251 e. The molecule has 0 amide bonds. The molecule has 4 heteroatoms. The molecule has 0 spiro atoms. The summed E-state index contributed by atoms with van der Waals surface area (Å²) in [6.07, 6.45) is 17.2. The van der Waals surface area contributed by atoms with Gasteiger partial charge in [0.05, 0.1) is 5.54 Å². The van der Waals surface area contributed by atoms with Crippen LogP contribution in [0.5, 0.6) is 0 Å². The van der Waals surface area contributed by atoms with Gasteiger partial charge in [0.2, 0.25) is 0 Å². The lowest BCUT2D eigenvalue weighted by Crippen LogP contribution is -2.35. The first kappa shape index (κ1) is 22.3. The van der Waals surface area contributed by atoms with Gasteiger partial charge in [0.25, 0.3) is 5.56 Å². The molecule has 0 saturated heterocycles. The van der Waals surface area contributed by atoms with Crippen molar-refractivity contribution < 1.29 is 0 Å². The Balaban J connectivity index is 1.72. The Morgan fingerprint density at radius 2 is 1.73 bits per heavy atom. The van der Waals surface area contributed by atoms with Crippen LogP contribution >= 0.6 is 0 Å². The fourth-order valence-electron chi connectivity index (χ4n) is 3.99. The third-order valence-electron chi connectivity index (χ3n) is 7.21. The number of pyridine rings is 1. The van der Waals surface area contributed by atoms with Gasteiger partial charge in [0.1, 0.15) is 5.84 Å². The smallest absolute Gasteiger partial charge is 0.251 e. The predicted molar refractivity (Wildman–Crippen MR) is 127 cm³/mol. The lowest BCUT2D eigenvalue weighted by Gasteiger charge is -2.33. The van der Waals surface area contributed by atoms with Gasteiger partial charge in [-0.15, -0.1) is 0 Å². The second-order valence-corrected chi connectivity index (χ2v) is 9.87. The third-order valence-corrected chi connectivity index (χ3v) is 7.21. The molecule has 1 aromatic rings. The summed E-state index contributed by atoms with van der Waals surface area (Å²) in [5.41, 5.74) is 0.887. The number of aromatic nitrogens is 1. The van der Waals surface area contributed by atoms with Gasteiger partial charge < -0.3 is 9.47 Å². The Kier molecular flexibility index (Phi) is 6.26. The second kappa shape index (κ2) is 8.41. The van der Waals surface area contributed by atoms with Gasteiger partial charge >= 0.3 is 0 Å². The molecule has 4 nitrogen and oxygen atoms in total. The van der Waals surface area contributed by atoms with Crippen molar-refractivity contribution in [2.24, 2.45) is 22.2 Å². The van der Waals surface area contributed by atoms with Crippen LogP contribution in [0.3, 0.4) is 0 Å². The van der Waals surface area contributed by atoms with E-state index in [4.69, 9.17) is 4.99 Å². The standard InChI is InChI=1S/C26H37N3O/c1-19(2)26(7)14-17-28-16-13-25(6,12-10-23(28)27-26)21(4)8-9-22(5)29-15-11-20(3)18-24(29)30/h10-19,21-22H,8-9H2,1-7H3. The zero-order valence-electron chi connectivity index (χ0n) is 19.6. The molecule has 4 unspecified atom stereocenters. The maximum atomic E-state index is 12.3. The van der Waals surface area contributed by atoms with Gasteiger partial charge in [-0.2, -0.15) is 0 Å². The van der Waals surface area contributed by atoms with Crippen LogP contribution in [0.1, 0.15) is 66.0 Å². The van der Waals surface area contributed by atoms with Gasteiger partial charge in [0.15, 0.2) is 0 Å². The normalized spacial score (nSPS) is 27.6. The van der Waals surface area contributed by atoms with E-state index in [2.05, 4.69) is 83.1 Å². The molecule has 3 rings (SSSR count). The molecule has 1 aromatic heterocycles. The first-order valence-electron chi connectivity index (χ1n) is 11.2. The highest BCUT2D eigenvalue weighted by Crippen LogP contribution is 2.37. The highest BCUT2D eigenvalue weighted by molar-refractivity contribution is 5.96. The van der Waals surface area contributed by atoms with E-state index in [1.807, 2.05) is 23.8 Å². The molecule has 0 saturated carbocycles. The summed E-state index contributed by atoms with van der Waals surface area (Å²) in [4.78, 5) is 19.4. The molecule has 2 aliphatic heterocycles. The van der Waals surface area contributed by atoms with Crippen LogP contribution in [-0.2, 0) is 0 Å². The molecule has 0 fully saturated rings. The van der Waals surface area contributed by atoms with Crippen molar-refractivity contribution in [2.75, 3.05) is 0 Å². The first-order chi connectivity index (χ1) is 14.0. The van der Waals surface area contributed by atoms with Crippen molar-refractivity contribution in [3.05, 3.63) is 71.0 Å². The lowest BCUT2D eigenvalue weighted by atomic mass is 9.75. The van der Waals surface area contributed by atoms with Crippen LogP contribution in [0.4, 0.5) is 0 Å². The molecule has 0 aromatic carbocycles. The van der Waals surface area contributed by atoms with Crippen LogP contribution in [0.2, 0.25) is 0 Å². The van der Waals surface area contributed by atoms with Crippen LogP contribution in [0.25, 0.3) is 0 Å². The highest BCUT2D eigenvalue weighted by Gasteiger charge is 2.32. The summed E-state index contributed by atoms with van der Waals surface area (Å²) in [6, 6.07) is 3.91. The summed E-state index contributed by atoms with van der Waals surface area (Å²) >= 11 is 0. The minimum atomic E-state index is -0.160. The van der Waals surface area contributed by atoms with Gasteiger partial charge in [-0.1, -0.05) is 39.8 Å². The Bertz CT molecular complexity index is 951. The monoisotopic (exact) mass is 407 g/mol. The minimum absolute atomic E-state index is 0.0557. The molecule has 0 aliphatic carbocycles. The number of nitrogens with zero attached hydrogens (tertiary/aromatic N) is 3. The van der Waals surface area contributed by atoms with Crippen LogP contribution in [0.15, 0.2) is 64.8 Å². The molecule has 0 N–H and O–H groups in total. The van der Waals surface area contributed by atoms with Crippen molar-refractivity contribution in [3.63, 3.8) is 0 Å². The summed E-state index contributed by atoms with van der Waals surface area (Å²) in [6.45, 7) is 15.3. The van der Waals surface area contributed by atoms with Crippen LogP contribution in [-0.4, -0.2) is 20.8 Å². The number of amidine groups is 1. The fourth-order valence-corrected chi connectivity index (χ4v) is 3.99. The van der Waals surface area contributed by atoms with E-state index in [0.29, 0.717) is 11.8 Å². The number of hydrogen-bond donors (Lipinski definition) is 0. The molecule has 162 valence electrons. The Morgan fingerprint density at radius 3 is 2.40 bits per heavy atom. The molecular weight excluding hydrogens is 370 g/mol. The molecule has 30 heavy (non-hydrogen) atoms. The molecule has 4 atom stereocenters. The van der Waals surface area contributed by atoms with E-state index in [-0.39, 0.29) is 22.6 Å². The Hall–Kier alpha value is -2.36. The van der Waals surface area contributed by atoms with Crippen molar-refractivity contribution >= 4 is 5.84 Å². The van der Waals surface area contributed by atoms with E-state index in [9.17, 15) is 4.79 Å². The summed E-state index contributed by atoms with van der Waals surface area (Å²) in [5.74, 6) is 1.89. The molecule has 3 heterocycles. The average molecular weight is 408 g/mol. The zero-order valence-corrected chi connectivity index (χ0v) is 19.6. The van der Waals surface area contributed by atoms with E-state index in [0.717, 1.165) is 24.2 Å². The Morgan fingerprint density at radius 1 is 1.03 bits per heavy atom. The number of allylic oxidation sites excluding steroid dienone is 2. The minimum Gasteiger partial charge on any atom is -0.313 e. The molecule has 2 aliphatic rings. The number of rotatable bonds is 6. The zero-order chi connectivity index (χ0) is 22.1. The number of aryl methyl sites for hydroxylation is 1. The quantitative estimate of drug-likeness (QED) is 0.592. The first-order valence-corrected chi connectivity index (χ1v) is 11.2. The van der Waals surface area contributed by atoms with E-state index in [1.54, 1.807) is 6.07 Å². The van der Waals surface area contributed by atoms with Crippen LogP contribution in [0, 0.1) is 24.2 Å². The largest absolute Gasteiger partial charge is 0.313 e. The van der Waals surface area contributed by atoms with Crippen LogP contribution < -0.4 is 5.56 Å². The summed E-state index contributed by atoms with van der Waals surface area (Å²) in [7, 11) is 0. The van der Waals surface area contributed by atoms with Crippen molar-refractivity contribution in [1.82, 2.24) is 9.47 Å². The van der Waals surface area contributed by atoms with E-state index in [1.165, 1.54) is 0 Å². The number of hydrogen-bond acceptors (Lipinski definition) is 3. The summed E-state index contributed by atoms with van der Waals surface area (Å²) < 4.78 is 1.85.